The zero-order valence-electron chi connectivity index (χ0n) is 33.6. The van der Waals surface area contributed by atoms with E-state index in [-0.39, 0.29) is 96.7 Å². The predicted octanol–water partition coefficient (Wildman–Crippen LogP) is -0.0633. The zero-order chi connectivity index (χ0) is 42.7. The van der Waals surface area contributed by atoms with Gasteiger partial charge in [-0.2, -0.15) is 0 Å². The molecular weight excluding hydrogens is 754 g/mol. The number of hydrogen-bond donors (Lipinski definition) is 4. The van der Waals surface area contributed by atoms with Gasteiger partial charge in [0.15, 0.2) is 0 Å². The van der Waals surface area contributed by atoms with Crippen LogP contribution in [0.4, 0.5) is 0 Å². The summed E-state index contributed by atoms with van der Waals surface area (Å²) >= 11 is 0. The largest absolute Gasteiger partial charge is 0.465 e. The van der Waals surface area contributed by atoms with E-state index in [2.05, 4.69) is 35.7 Å². The molecule has 0 aromatic rings. The van der Waals surface area contributed by atoms with Crippen LogP contribution in [0.3, 0.4) is 0 Å². The number of carbonyl (C=O) groups excluding carboxylic acids is 6. The molecule has 0 radical (unpaired) electrons. The minimum Gasteiger partial charge on any atom is -0.465 e. The lowest BCUT2D eigenvalue weighted by atomic mass is 9.92. The molecule has 0 aromatic heterocycles. The Bertz CT molecular complexity index is 1080. The van der Waals surface area contributed by atoms with Gasteiger partial charge in [-0.3, -0.25) is 14.4 Å². The van der Waals surface area contributed by atoms with Crippen LogP contribution in [0.5, 0.6) is 0 Å². The number of ether oxygens (including phenoxy) is 9. The molecule has 19 heteroatoms. The summed E-state index contributed by atoms with van der Waals surface area (Å²) in [5.41, 5.74) is -1.45. The molecule has 0 saturated carbocycles. The maximum Gasteiger partial charge on any atom is 0.330 e. The quantitative estimate of drug-likeness (QED) is 0.0278. The molecule has 326 valence electrons. The van der Waals surface area contributed by atoms with Crippen molar-refractivity contribution in [2.45, 2.75) is 58.2 Å². The van der Waals surface area contributed by atoms with Crippen LogP contribution in [-0.2, 0) is 71.4 Å². The lowest BCUT2D eigenvalue weighted by Crippen LogP contribution is -2.43. The van der Waals surface area contributed by atoms with Crippen molar-refractivity contribution in [2.24, 2.45) is 5.41 Å². The maximum absolute atomic E-state index is 12.6. The van der Waals surface area contributed by atoms with Gasteiger partial charge in [-0.25, -0.2) is 14.4 Å². The summed E-state index contributed by atoms with van der Waals surface area (Å²) in [6, 6.07) is -0.413. The van der Waals surface area contributed by atoms with Gasteiger partial charge >= 0.3 is 35.8 Å². The van der Waals surface area contributed by atoms with E-state index in [1.54, 1.807) is 0 Å². The summed E-state index contributed by atoms with van der Waals surface area (Å²) in [5.74, 6) is -3.46. The molecule has 0 aliphatic carbocycles. The number of carbonyl (C=O) groups is 6. The molecule has 0 aromatic carbocycles. The number of esters is 6. The predicted molar refractivity (Wildman–Crippen MR) is 205 cm³/mol. The Hall–Kier alpha value is -4.24. The van der Waals surface area contributed by atoms with Crippen molar-refractivity contribution in [1.82, 2.24) is 16.0 Å². The second kappa shape index (κ2) is 33.9. The van der Waals surface area contributed by atoms with Crippen LogP contribution in [0.2, 0.25) is 0 Å². The topological polar surface area (TPSA) is 242 Å². The maximum atomic E-state index is 12.6. The number of aliphatic hydroxyl groups excluding tert-OH is 1. The molecular formula is C38H63N3O16. The molecule has 0 aliphatic heterocycles. The first-order valence-corrected chi connectivity index (χ1v) is 18.7. The molecule has 0 fully saturated rings. The fourth-order valence-electron chi connectivity index (χ4n) is 4.18. The van der Waals surface area contributed by atoms with E-state index in [1.165, 1.54) is 0 Å². The van der Waals surface area contributed by atoms with Crippen LogP contribution in [-0.4, -0.2) is 165 Å². The summed E-state index contributed by atoms with van der Waals surface area (Å²) in [6.45, 7) is 16.0. The van der Waals surface area contributed by atoms with Crippen molar-refractivity contribution < 1.29 is 76.5 Å². The van der Waals surface area contributed by atoms with Crippen molar-refractivity contribution in [3.63, 3.8) is 0 Å². The molecule has 57 heavy (non-hydrogen) atoms. The first kappa shape index (κ1) is 52.8. The van der Waals surface area contributed by atoms with Crippen LogP contribution in [0.1, 0.15) is 40.0 Å². The molecule has 0 saturated heterocycles. The molecule has 0 aliphatic rings. The fraction of sp³-hybridized carbons (Fsp3) is 0.684. The molecule has 0 rings (SSSR count). The number of aliphatic hydroxyl groups is 1. The standard InChI is InChI=1S/C38H63N3O16/c1-7-32(43)52-19-16-49-22-29(4)39-13-10-35(46)55-26-38(25-42,27-56-36(47)11-14-40-30(5)23-50-17-20-53-33(44)8-2)28-57-37(48)12-15-41-31(6)24-51-18-21-54-34(45)9-3/h7-9,29-31,39-42H,1-3,10-28H2,4-6H3. The van der Waals surface area contributed by atoms with Crippen molar-refractivity contribution in [2.75, 3.05) is 106 Å². The minimum atomic E-state index is -1.45. The Balaban J connectivity index is 4.95. The van der Waals surface area contributed by atoms with E-state index in [0.29, 0.717) is 19.8 Å². The average Bonchev–Trinajstić information content (AvgIpc) is 3.19. The monoisotopic (exact) mass is 817 g/mol. The summed E-state index contributed by atoms with van der Waals surface area (Å²) in [5, 5.41) is 19.7. The summed E-state index contributed by atoms with van der Waals surface area (Å²) in [7, 11) is 0. The minimum absolute atomic E-state index is 0.0382. The highest BCUT2D eigenvalue weighted by molar-refractivity contribution is 5.81. The highest BCUT2D eigenvalue weighted by Crippen LogP contribution is 2.20. The molecule has 3 unspecified atom stereocenters. The van der Waals surface area contributed by atoms with Gasteiger partial charge in [-0.15, -0.1) is 0 Å². The second-order valence-electron chi connectivity index (χ2n) is 12.8. The smallest absolute Gasteiger partial charge is 0.330 e. The first-order chi connectivity index (χ1) is 27.3. The lowest BCUT2D eigenvalue weighted by molar-refractivity contribution is -0.165. The Morgan fingerprint density at radius 2 is 0.789 bits per heavy atom. The molecule has 0 amide bonds. The van der Waals surface area contributed by atoms with Gasteiger partial charge in [-0.05, 0) is 20.8 Å². The van der Waals surface area contributed by atoms with Gasteiger partial charge in [0, 0.05) is 56.0 Å². The van der Waals surface area contributed by atoms with E-state index in [0.717, 1.165) is 18.2 Å². The fourth-order valence-corrected chi connectivity index (χ4v) is 4.18. The lowest BCUT2D eigenvalue weighted by Gasteiger charge is -2.30. The van der Waals surface area contributed by atoms with E-state index in [9.17, 15) is 33.9 Å². The molecule has 0 heterocycles. The van der Waals surface area contributed by atoms with Crippen LogP contribution >= 0.6 is 0 Å². The van der Waals surface area contributed by atoms with Gasteiger partial charge in [-0.1, -0.05) is 19.7 Å². The number of nitrogens with one attached hydrogen (secondary N) is 3. The Morgan fingerprint density at radius 3 is 1.04 bits per heavy atom. The van der Waals surface area contributed by atoms with Gasteiger partial charge in [0.05, 0.1) is 70.9 Å². The number of rotatable bonds is 37. The summed E-state index contributed by atoms with van der Waals surface area (Å²) in [4.78, 5) is 71.1. The summed E-state index contributed by atoms with van der Waals surface area (Å²) in [6.07, 6.45) is 3.06. The Morgan fingerprint density at radius 1 is 0.509 bits per heavy atom. The van der Waals surface area contributed by atoms with Crippen LogP contribution in [0.15, 0.2) is 38.0 Å². The van der Waals surface area contributed by atoms with Gasteiger partial charge in [0.1, 0.15) is 39.6 Å². The third-order valence-electron chi connectivity index (χ3n) is 7.44. The van der Waals surface area contributed by atoms with Crippen molar-refractivity contribution in [3.05, 3.63) is 38.0 Å². The highest BCUT2D eigenvalue weighted by Gasteiger charge is 2.35. The van der Waals surface area contributed by atoms with Gasteiger partial charge < -0.3 is 63.7 Å². The van der Waals surface area contributed by atoms with E-state index in [4.69, 9.17) is 42.6 Å². The average molecular weight is 818 g/mol. The Labute approximate surface area is 335 Å². The molecule has 3 atom stereocenters. The first-order valence-electron chi connectivity index (χ1n) is 18.7. The molecule has 0 spiro atoms. The van der Waals surface area contributed by atoms with Crippen molar-refractivity contribution in [1.29, 1.82) is 0 Å². The van der Waals surface area contributed by atoms with Gasteiger partial charge in [0.25, 0.3) is 0 Å². The normalized spacial score (nSPS) is 13.5. The number of hydrogen-bond acceptors (Lipinski definition) is 19. The van der Waals surface area contributed by atoms with E-state index < -0.39 is 67.7 Å². The van der Waals surface area contributed by atoms with Crippen LogP contribution in [0.25, 0.3) is 0 Å². The van der Waals surface area contributed by atoms with E-state index in [1.807, 2.05) is 20.8 Å². The highest BCUT2D eigenvalue weighted by atomic mass is 16.6. The molecule has 4 N–H and O–H groups in total. The summed E-state index contributed by atoms with van der Waals surface area (Å²) < 4.78 is 47.1. The Kier molecular flexibility index (Phi) is 31.3. The van der Waals surface area contributed by atoms with Crippen LogP contribution < -0.4 is 16.0 Å². The third kappa shape index (κ3) is 30.6. The van der Waals surface area contributed by atoms with Crippen LogP contribution in [0, 0.1) is 5.41 Å². The third-order valence-corrected chi connectivity index (χ3v) is 7.44. The SMILES string of the molecule is C=CC(=O)OCCOCC(C)NCCC(=O)OCC(CO)(COC(=O)CCNC(C)COCCOC(=O)C=C)COC(=O)CCNC(C)COCCOC(=O)C=C. The van der Waals surface area contributed by atoms with E-state index >= 15 is 0 Å². The van der Waals surface area contributed by atoms with Crippen molar-refractivity contribution >= 4 is 35.8 Å². The van der Waals surface area contributed by atoms with Gasteiger partial charge in [0.2, 0.25) is 0 Å². The van der Waals surface area contributed by atoms with Crippen molar-refractivity contribution in [3.8, 4) is 0 Å². The molecule has 19 nitrogen and oxygen atoms in total. The molecule has 0 bridgehead atoms. The second-order valence-corrected chi connectivity index (χ2v) is 12.8. The zero-order valence-corrected chi connectivity index (χ0v) is 33.6.